The third-order valence-electron chi connectivity index (χ3n) is 5.43. The molecular weight excluding hydrogens is 366 g/mol. The Balaban J connectivity index is 1.61. The van der Waals surface area contributed by atoms with Crippen LogP contribution in [0.5, 0.6) is 0 Å². The lowest BCUT2D eigenvalue weighted by Gasteiger charge is -2.27. The molecule has 3 aromatic rings. The molecule has 1 unspecified atom stereocenters. The summed E-state index contributed by atoms with van der Waals surface area (Å²) in [6.45, 7) is 0.0955. The Kier molecular flexibility index (Phi) is 4.91. The summed E-state index contributed by atoms with van der Waals surface area (Å²) in [5.41, 5.74) is 9.37. The Bertz CT molecular complexity index is 1020. The van der Waals surface area contributed by atoms with Crippen molar-refractivity contribution in [1.29, 1.82) is 0 Å². The second-order valence-electron chi connectivity index (χ2n) is 7.23. The van der Waals surface area contributed by atoms with Gasteiger partial charge < -0.3 is 15.6 Å². The molecule has 3 N–H and O–H groups in total. The first kappa shape index (κ1) is 18.9. The summed E-state index contributed by atoms with van der Waals surface area (Å²) in [6.07, 6.45) is -0.548. The Labute approximate surface area is 168 Å². The topological polar surface area (TPSA) is 89.6 Å². The number of aliphatic carboxylic acids is 1. The fourth-order valence-corrected chi connectivity index (χ4v) is 3.99. The molecule has 29 heavy (non-hydrogen) atoms. The predicted octanol–water partition coefficient (Wildman–Crippen LogP) is 3.67. The summed E-state index contributed by atoms with van der Waals surface area (Å²) < 4.78 is 5.63. The summed E-state index contributed by atoms with van der Waals surface area (Å²) in [5.74, 6) is -2.02. The molecule has 0 heterocycles. The number of ether oxygens (including phenoxy) is 1. The van der Waals surface area contributed by atoms with Crippen molar-refractivity contribution in [2.45, 2.75) is 17.9 Å². The standard InChI is InChI=1S/C24H21NO4/c25-24(14-22(26)27,16-8-2-1-3-9-16)23(28)29-15-21-19-12-6-4-10-17(19)18-11-5-7-13-20(18)21/h1-13,21H,14-15,25H2,(H,26,27). The minimum absolute atomic E-state index is 0.0955. The smallest absolute Gasteiger partial charge is 0.331 e. The van der Waals surface area contributed by atoms with E-state index >= 15 is 0 Å². The van der Waals surface area contributed by atoms with Gasteiger partial charge in [0.15, 0.2) is 5.54 Å². The highest BCUT2D eigenvalue weighted by molar-refractivity contribution is 5.88. The first-order valence-electron chi connectivity index (χ1n) is 9.42. The van der Waals surface area contributed by atoms with Crippen LogP contribution in [0, 0.1) is 0 Å². The number of carboxylic acid groups (broad SMARTS) is 1. The molecule has 0 radical (unpaired) electrons. The van der Waals surface area contributed by atoms with Crippen LogP contribution in [0.15, 0.2) is 78.9 Å². The number of hydrogen-bond donors (Lipinski definition) is 2. The molecule has 4 rings (SSSR count). The quantitative estimate of drug-likeness (QED) is 0.630. The monoisotopic (exact) mass is 387 g/mol. The van der Waals surface area contributed by atoms with E-state index < -0.39 is 23.9 Å². The number of hydrogen-bond acceptors (Lipinski definition) is 4. The Hall–Kier alpha value is -3.44. The third kappa shape index (κ3) is 3.41. The second-order valence-corrected chi connectivity index (χ2v) is 7.23. The van der Waals surface area contributed by atoms with Gasteiger partial charge in [-0.3, -0.25) is 4.79 Å². The third-order valence-corrected chi connectivity index (χ3v) is 5.43. The van der Waals surface area contributed by atoms with Gasteiger partial charge in [-0.25, -0.2) is 4.79 Å². The predicted molar refractivity (Wildman–Crippen MR) is 109 cm³/mol. The van der Waals surface area contributed by atoms with Crippen LogP contribution >= 0.6 is 0 Å². The van der Waals surface area contributed by atoms with Gasteiger partial charge in [0.05, 0.1) is 6.42 Å². The van der Waals surface area contributed by atoms with E-state index in [1.807, 2.05) is 36.4 Å². The molecule has 0 aliphatic heterocycles. The number of fused-ring (bicyclic) bond motifs is 3. The van der Waals surface area contributed by atoms with Crippen molar-refractivity contribution < 1.29 is 19.4 Å². The number of nitrogens with two attached hydrogens (primary N) is 1. The summed E-state index contributed by atoms with van der Waals surface area (Å²) in [7, 11) is 0. The van der Waals surface area contributed by atoms with Crippen molar-refractivity contribution in [2.75, 3.05) is 6.61 Å². The molecule has 5 nitrogen and oxygen atoms in total. The zero-order valence-electron chi connectivity index (χ0n) is 15.7. The summed E-state index contributed by atoms with van der Waals surface area (Å²) >= 11 is 0. The first-order chi connectivity index (χ1) is 14.0. The van der Waals surface area contributed by atoms with E-state index in [2.05, 4.69) is 12.1 Å². The molecule has 0 saturated carbocycles. The van der Waals surface area contributed by atoms with Crippen molar-refractivity contribution in [3.05, 3.63) is 95.6 Å². The molecule has 1 atom stereocenters. The van der Waals surface area contributed by atoms with Crippen LogP contribution in [0.1, 0.15) is 29.0 Å². The molecule has 1 aliphatic carbocycles. The van der Waals surface area contributed by atoms with Gasteiger partial charge in [-0.05, 0) is 27.8 Å². The van der Waals surface area contributed by atoms with Crippen LogP contribution in [0.2, 0.25) is 0 Å². The van der Waals surface area contributed by atoms with Gasteiger partial charge in [-0.1, -0.05) is 78.9 Å². The summed E-state index contributed by atoms with van der Waals surface area (Å²) in [4.78, 5) is 24.4. The zero-order valence-corrected chi connectivity index (χ0v) is 15.7. The highest BCUT2D eigenvalue weighted by Crippen LogP contribution is 2.44. The maximum Gasteiger partial charge on any atom is 0.331 e. The number of carbonyl (C=O) groups is 2. The zero-order chi connectivity index (χ0) is 20.4. The van der Waals surface area contributed by atoms with Gasteiger partial charge in [0.2, 0.25) is 0 Å². The van der Waals surface area contributed by atoms with Crippen molar-refractivity contribution in [3.8, 4) is 11.1 Å². The molecule has 0 fully saturated rings. The largest absolute Gasteiger partial charge is 0.481 e. The van der Waals surface area contributed by atoms with Crippen LogP contribution in [0.4, 0.5) is 0 Å². The van der Waals surface area contributed by atoms with Crippen LogP contribution in [-0.2, 0) is 19.9 Å². The van der Waals surface area contributed by atoms with E-state index in [1.54, 1.807) is 30.3 Å². The second kappa shape index (κ2) is 7.53. The Morgan fingerprint density at radius 3 is 1.93 bits per heavy atom. The Morgan fingerprint density at radius 1 is 0.862 bits per heavy atom. The van der Waals surface area contributed by atoms with Crippen molar-refractivity contribution >= 4 is 11.9 Å². The number of benzene rings is 3. The first-order valence-corrected chi connectivity index (χ1v) is 9.42. The summed E-state index contributed by atoms with van der Waals surface area (Å²) in [5, 5.41) is 9.31. The van der Waals surface area contributed by atoms with Crippen LogP contribution in [0.25, 0.3) is 11.1 Å². The van der Waals surface area contributed by atoms with Gasteiger partial charge in [-0.15, -0.1) is 0 Å². The maximum atomic E-state index is 13.0. The van der Waals surface area contributed by atoms with Crippen molar-refractivity contribution in [3.63, 3.8) is 0 Å². The number of esters is 1. The molecule has 0 spiro atoms. The van der Waals surface area contributed by atoms with Gasteiger partial charge in [0, 0.05) is 5.92 Å². The van der Waals surface area contributed by atoms with Crippen molar-refractivity contribution in [2.24, 2.45) is 5.73 Å². The fourth-order valence-electron chi connectivity index (χ4n) is 3.99. The van der Waals surface area contributed by atoms with Crippen LogP contribution < -0.4 is 5.73 Å². The molecule has 0 saturated heterocycles. The van der Waals surface area contributed by atoms with Gasteiger partial charge in [-0.2, -0.15) is 0 Å². The molecule has 5 heteroatoms. The molecule has 3 aromatic carbocycles. The molecule has 0 aromatic heterocycles. The van der Waals surface area contributed by atoms with Crippen LogP contribution in [0.3, 0.4) is 0 Å². The minimum Gasteiger partial charge on any atom is -0.481 e. The van der Waals surface area contributed by atoms with Gasteiger partial charge >= 0.3 is 11.9 Å². The maximum absolute atomic E-state index is 13.0. The van der Waals surface area contributed by atoms with E-state index in [0.717, 1.165) is 22.3 Å². The van der Waals surface area contributed by atoms with Crippen LogP contribution in [-0.4, -0.2) is 23.7 Å². The molecule has 0 bridgehead atoms. The average molecular weight is 387 g/mol. The van der Waals surface area contributed by atoms with Gasteiger partial charge in [0.25, 0.3) is 0 Å². The van der Waals surface area contributed by atoms with E-state index in [0.29, 0.717) is 5.56 Å². The average Bonchev–Trinajstić information content (AvgIpc) is 3.06. The van der Waals surface area contributed by atoms with Crippen molar-refractivity contribution in [1.82, 2.24) is 0 Å². The highest BCUT2D eigenvalue weighted by Gasteiger charge is 2.41. The normalized spacial score (nSPS) is 14.5. The van der Waals surface area contributed by atoms with E-state index in [-0.39, 0.29) is 12.5 Å². The number of rotatable bonds is 6. The molecule has 1 aliphatic rings. The minimum atomic E-state index is -1.75. The number of carboxylic acids is 1. The lowest BCUT2D eigenvalue weighted by molar-refractivity contribution is -0.155. The summed E-state index contributed by atoms with van der Waals surface area (Å²) in [6, 6.07) is 24.5. The van der Waals surface area contributed by atoms with E-state index in [1.165, 1.54) is 0 Å². The Morgan fingerprint density at radius 2 is 1.38 bits per heavy atom. The van der Waals surface area contributed by atoms with E-state index in [4.69, 9.17) is 10.5 Å². The molecular formula is C24H21NO4. The van der Waals surface area contributed by atoms with Gasteiger partial charge in [0.1, 0.15) is 6.61 Å². The van der Waals surface area contributed by atoms with E-state index in [9.17, 15) is 14.7 Å². The lowest BCUT2D eigenvalue weighted by atomic mass is 9.87. The highest BCUT2D eigenvalue weighted by atomic mass is 16.5. The molecule has 146 valence electrons. The fraction of sp³-hybridized carbons (Fsp3) is 0.167. The number of carbonyl (C=O) groups excluding carboxylic acids is 1. The lowest BCUT2D eigenvalue weighted by Crippen LogP contribution is -2.48. The molecule has 0 amide bonds. The SMILES string of the molecule is NC(CC(=O)O)(C(=O)OCC1c2ccccc2-c2ccccc21)c1ccccc1.